The maximum absolute atomic E-state index is 13.8. The summed E-state index contributed by atoms with van der Waals surface area (Å²) in [6.45, 7) is 0.249. The van der Waals surface area contributed by atoms with E-state index >= 15 is 0 Å². The summed E-state index contributed by atoms with van der Waals surface area (Å²) in [4.78, 5) is 30.3. The molecule has 0 aliphatic heterocycles. The van der Waals surface area contributed by atoms with E-state index in [-0.39, 0.29) is 30.2 Å². The van der Waals surface area contributed by atoms with Crippen molar-refractivity contribution in [3.05, 3.63) is 101 Å². The normalized spacial score (nSPS) is 14.5. The van der Waals surface area contributed by atoms with Crippen molar-refractivity contribution < 1.29 is 14.0 Å². The van der Waals surface area contributed by atoms with E-state index in [4.69, 9.17) is 11.6 Å². The van der Waals surface area contributed by atoms with Gasteiger partial charge in [-0.1, -0.05) is 73.3 Å². The molecule has 206 valence electrons. The first-order chi connectivity index (χ1) is 19.0. The van der Waals surface area contributed by atoms with Gasteiger partial charge in [0.15, 0.2) is 0 Å². The number of nitrogens with zero attached hydrogens (tertiary/aromatic N) is 1. The summed E-state index contributed by atoms with van der Waals surface area (Å²) in [5, 5.41) is 3.95. The summed E-state index contributed by atoms with van der Waals surface area (Å²) in [7, 11) is 0. The molecule has 1 saturated carbocycles. The Morgan fingerprint density at radius 1 is 0.923 bits per heavy atom. The Kier molecular flexibility index (Phi) is 11.3. The number of hydrogen-bond acceptors (Lipinski definition) is 3. The number of amides is 2. The summed E-state index contributed by atoms with van der Waals surface area (Å²) in [5.41, 5.74) is 1.79. The molecule has 0 bridgehead atoms. The maximum Gasteiger partial charge on any atom is 0.243 e. The van der Waals surface area contributed by atoms with Crippen LogP contribution in [-0.2, 0) is 22.6 Å². The van der Waals surface area contributed by atoms with Gasteiger partial charge in [0.25, 0.3) is 0 Å². The molecule has 1 atom stereocenters. The van der Waals surface area contributed by atoms with Crippen molar-refractivity contribution in [3.8, 4) is 0 Å². The van der Waals surface area contributed by atoms with Gasteiger partial charge in [0.05, 0.1) is 0 Å². The molecule has 0 radical (unpaired) electrons. The first-order valence-electron chi connectivity index (χ1n) is 13.7. The maximum atomic E-state index is 13.8. The van der Waals surface area contributed by atoms with Crippen molar-refractivity contribution >= 4 is 35.2 Å². The van der Waals surface area contributed by atoms with Gasteiger partial charge in [0.1, 0.15) is 11.9 Å². The van der Waals surface area contributed by atoms with Crippen LogP contribution in [-0.4, -0.2) is 34.6 Å². The van der Waals surface area contributed by atoms with Gasteiger partial charge in [-0.25, -0.2) is 4.39 Å². The number of carbonyl (C=O) groups excluding carboxylic acids is 2. The molecular formula is C32H36ClFN2O2S. The molecule has 1 fully saturated rings. The van der Waals surface area contributed by atoms with Crippen LogP contribution in [0.2, 0.25) is 5.02 Å². The Morgan fingerprint density at radius 2 is 1.62 bits per heavy atom. The lowest BCUT2D eigenvalue weighted by molar-refractivity contribution is -0.141. The minimum atomic E-state index is -0.657. The van der Waals surface area contributed by atoms with Gasteiger partial charge in [-0.2, -0.15) is 0 Å². The zero-order chi connectivity index (χ0) is 27.5. The fourth-order valence-electron chi connectivity index (χ4n) is 4.97. The summed E-state index contributed by atoms with van der Waals surface area (Å²) in [5.74, 6) is 0.259. The molecular weight excluding hydrogens is 531 g/mol. The van der Waals surface area contributed by atoms with Crippen LogP contribution in [0.25, 0.3) is 0 Å². The number of nitrogens with one attached hydrogen (secondary N) is 1. The smallest absolute Gasteiger partial charge is 0.243 e. The van der Waals surface area contributed by atoms with E-state index in [1.165, 1.54) is 18.6 Å². The largest absolute Gasteiger partial charge is 0.352 e. The lowest BCUT2D eigenvalue weighted by atomic mass is 9.94. The molecule has 3 aromatic rings. The molecule has 0 unspecified atom stereocenters. The monoisotopic (exact) mass is 566 g/mol. The fraction of sp³-hybridized carbons (Fsp3) is 0.375. The molecule has 39 heavy (non-hydrogen) atoms. The molecule has 2 amide bonds. The number of hydrogen-bond donors (Lipinski definition) is 1. The molecule has 0 heterocycles. The van der Waals surface area contributed by atoms with E-state index < -0.39 is 6.04 Å². The highest BCUT2D eigenvalue weighted by Gasteiger charge is 2.31. The predicted octanol–water partition coefficient (Wildman–Crippen LogP) is 7.44. The standard InChI is InChI=1S/C32H36ClFN2O2S/c33-26-15-19-29(20-16-26)39-21-7-12-31(37)36(23-25-13-17-27(34)18-14-25)30(22-24-8-3-1-4-9-24)32(38)35-28-10-5-2-6-11-28/h1,3-4,8-9,13-20,28,30H,2,5-7,10-12,21-23H2,(H,35,38)/t30-/m0/s1. The van der Waals surface area contributed by atoms with Crippen LogP contribution in [0.3, 0.4) is 0 Å². The first kappa shape index (κ1) is 29.2. The Hall–Kier alpha value is -2.83. The minimum Gasteiger partial charge on any atom is -0.352 e. The van der Waals surface area contributed by atoms with Gasteiger partial charge in [-0.3, -0.25) is 9.59 Å². The Labute approximate surface area is 240 Å². The van der Waals surface area contributed by atoms with Crippen LogP contribution in [0.5, 0.6) is 0 Å². The summed E-state index contributed by atoms with van der Waals surface area (Å²) in [6, 6.07) is 23.1. The van der Waals surface area contributed by atoms with Gasteiger partial charge in [-0.05, 0) is 72.5 Å². The zero-order valence-corrected chi connectivity index (χ0v) is 23.7. The highest BCUT2D eigenvalue weighted by molar-refractivity contribution is 7.99. The van der Waals surface area contributed by atoms with Crippen molar-refractivity contribution in [2.75, 3.05) is 5.75 Å². The van der Waals surface area contributed by atoms with Gasteiger partial charge in [0, 0.05) is 35.3 Å². The van der Waals surface area contributed by atoms with Crippen LogP contribution in [0, 0.1) is 5.82 Å². The van der Waals surface area contributed by atoms with E-state index in [1.54, 1.807) is 28.8 Å². The minimum absolute atomic E-state index is 0.0734. The van der Waals surface area contributed by atoms with Crippen molar-refractivity contribution in [1.29, 1.82) is 0 Å². The van der Waals surface area contributed by atoms with Crippen LogP contribution in [0.15, 0.2) is 83.8 Å². The van der Waals surface area contributed by atoms with Crippen molar-refractivity contribution in [2.45, 2.75) is 74.9 Å². The van der Waals surface area contributed by atoms with Gasteiger partial charge >= 0.3 is 0 Å². The number of rotatable bonds is 12. The van der Waals surface area contributed by atoms with Gasteiger partial charge in [-0.15, -0.1) is 11.8 Å². The predicted molar refractivity (Wildman–Crippen MR) is 157 cm³/mol. The Balaban J connectivity index is 1.51. The topological polar surface area (TPSA) is 49.4 Å². The second-order valence-electron chi connectivity index (χ2n) is 10.1. The molecule has 3 aromatic carbocycles. The van der Waals surface area contributed by atoms with Crippen molar-refractivity contribution in [2.24, 2.45) is 0 Å². The average Bonchev–Trinajstić information content (AvgIpc) is 2.96. The molecule has 4 rings (SSSR count). The third kappa shape index (κ3) is 9.40. The molecule has 0 spiro atoms. The number of benzene rings is 3. The van der Waals surface area contributed by atoms with Crippen molar-refractivity contribution in [1.82, 2.24) is 10.2 Å². The highest BCUT2D eigenvalue weighted by atomic mass is 35.5. The molecule has 7 heteroatoms. The van der Waals surface area contributed by atoms with Crippen LogP contribution < -0.4 is 5.32 Å². The molecule has 0 aromatic heterocycles. The third-order valence-corrected chi connectivity index (χ3v) is 8.46. The van der Waals surface area contributed by atoms with Crippen molar-refractivity contribution in [3.63, 3.8) is 0 Å². The average molecular weight is 567 g/mol. The number of thioether (sulfide) groups is 1. The number of halogens is 2. The molecule has 0 saturated heterocycles. The molecule has 1 aliphatic rings. The van der Waals surface area contributed by atoms with Crippen LogP contribution >= 0.6 is 23.4 Å². The van der Waals surface area contributed by atoms with Gasteiger partial charge < -0.3 is 10.2 Å². The van der Waals surface area contributed by atoms with Gasteiger partial charge in [0.2, 0.25) is 11.8 Å². The van der Waals surface area contributed by atoms with Crippen LogP contribution in [0.1, 0.15) is 56.1 Å². The number of carbonyl (C=O) groups is 2. The lowest BCUT2D eigenvalue weighted by Gasteiger charge is -2.33. The van der Waals surface area contributed by atoms with E-state index in [1.807, 2.05) is 54.6 Å². The fourth-order valence-corrected chi connectivity index (χ4v) is 5.95. The summed E-state index contributed by atoms with van der Waals surface area (Å²) in [6.07, 6.45) is 6.78. The third-order valence-electron chi connectivity index (χ3n) is 7.11. The van der Waals surface area contributed by atoms with E-state index in [0.717, 1.165) is 47.5 Å². The highest BCUT2D eigenvalue weighted by Crippen LogP contribution is 2.23. The Bertz CT molecular complexity index is 1190. The lowest BCUT2D eigenvalue weighted by Crippen LogP contribution is -2.52. The summed E-state index contributed by atoms with van der Waals surface area (Å²) >= 11 is 7.66. The zero-order valence-electron chi connectivity index (χ0n) is 22.2. The van der Waals surface area contributed by atoms with E-state index in [0.29, 0.717) is 24.3 Å². The molecule has 4 nitrogen and oxygen atoms in total. The molecule has 1 aliphatic carbocycles. The SMILES string of the molecule is O=C(NC1CCCCC1)[C@H](Cc1ccccc1)N(Cc1ccc(F)cc1)C(=O)CCCSc1ccc(Cl)cc1. The van der Waals surface area contributed by atoms with Crippen LogP contribution in [0.4, 0.5) is 4.39 Å². The second-order valence-corrected chi connectivity index (χ2v) is 11.7. The first-order valence-corrected chi connectivity index (χ1v) is 15.1. The molecule has 1 N–H and O–H groups in total. The van der Waals surface area contributed by atoms with E-state index in [9.17, 15) is 14.0 Å². The second kappa shape index (κ2) is 15.1. The van der Waals surface area contributed by atoms with E-state index in [2.05, 4.69) is 5.32 Å². The quantitative estimate of drug-likeness (QED) is 0.183. The Morgan fingerprint density at radius 3 is 2.31 bits per heavy atom. The summed E-state index contributed by atoms with van der Waals surface area (Å²) < 4.78 is 13.6.